The molecule has 1 aromatic carbocycles. The van der Waals surface area contributed by atoms with Crippen LogP contribution in [0, 0.1) is 6.92 Å². The number of carboxylic acids is 1. The summed E-state index contributed by atoms with van der Waals surface area (Å²) >= 11 is 0. The summed E-state index contributed by atoms with van der Waals surface area (Å²) in [6, 6.07) is 5.09. The summed E-state index contributed by atoms with van der Waals surface area (Å²) < 4.78 is 5.27. The van der Waals surface area contributed by atoms with E-state index in [0.29, 0.717) is 5.75 Å². The molecule has 0 radical (unpaired) electrons. The van der Waals surface area contributed by atoms with Crippen molar-refractivity contribution in [3.8, 4) is 5.75 Å². The van der Waals surface area contributed by atoms with Crippen LogP contribution < -0.4 is 15.4 Å². The SMILES string of the molecule is COc1ccc(C)cc1[C@H](C)NC(=O)NCCC(=O)O. The van der Waals surface area contributed by atoms with E-state index >= 15 is 0 Å². The van der Waals surface area contributed by atoms with Gasteiger partial charge in [0.2, 0.25) is 0 Å². The van der Waals surface area contributed by atoms with Crippen LogP contribution in [0.15, 0.2) is 18.2 Å². The van der Waals surface area contributed by atoms with Crippen molar-refractivity contribution in [1.29, 1.82) is 0 Å². The molecule has 0 bridgehead atoms. The number of benzene rings is 1. The van der Waals surface area contributed by atoms with Gasteiger partial charge >= 0.3 is 12.0 Å². The van der Waals surface area contributed by atoms with Gasteiger partial charge in [-0.25, -0.2) is 4.79 Å². The molecule has 1 atom stereocenters. The normalized spacial score (nSPS) is 11.6. The number of hydrogen-bond donors (Lipinski definition) is 3. The maximum atomic E-state index is 11.6. The first kappa shape index (κ1) is 15.8. The van der Waals surface area contributed by atoms with Crippen molar-refractivity contribution in [1.82, 2.24) is 10.6 Å². The lowest BCUT2D eigenvalue weighted by Crippen LogP contribution is -2.38. The summed E-state index contributed by atoms with van der Waals surface area (Å²) in [5, 5.41) is 13.7. The Morgan fingerprint density at radius 2 is 2.10 bits per heavy atom. The minimum absolute atomic E-state index is 0.0961. The van der Waals surface area contributed by atoms with Gasteiger partial charge in [-0.05, 0) is 19.9 Å². The first-order valence-electron chi connectivity index (χ1n) is 6.34. The first-order chi connectivity index (χ1) is 9.43. The van der Waals surface area contributed by atoms with E-state index in [1.165, 1.54) is 0 Å². The predicted molar refractivity (Wildman–Crippen MR) is 74.9 cm³/mol. The van der Waals surface area contributed by atoms with Gasteiger partial charge in [0.25, 0.3) is 0 Å². The average Bonchev–Trinajstić information content (AvgIpc) is 2.38. The lowest BCUT2D eigenvalue weighted by atomic mass is 10.0. The Balaban J connectivity index is 2.61. The molecule has 20 heavy (non-hydrogen) atoms. The number of hydrogen-bond acceptors (Lipinski definition) is 3. The molecule has 0 saturated carbocycles. The standard InChI is InChI=1S/C14H20N2O4/c1-9-4-5-12(20-3)11(8-9)10(2)16-14(19)15-7-6-13(17)18/h4-5,8,10H,6-7H2,1-3H3,(H,17,18)(H2,15,16,19)/t10-/m0/s1. The molecule has 0 aliphatic heterocycles. The summed E-state index contributed by atoms with van der Waals surface area (Å²) in [5.41, 5.74) is 1.95. The molecule has 2 amide bonds. The van der Waals surface area contributed by atoms with E-state index in [1.54, 1.807) is 7.11 Å². The highest BCUT2D eigenvalue weighted by Gasteiger charge is 2.14. The highest BCUT2D eigenvalue weighted by atomic mass is 16.5. The van der Waals surface area contributed by atoms with Crippen LogP contribution in [0.4, 0.5) is 4.79 Å². The molecule has 0 heterocycles. The second kappa shape index (κ2) is 7.37. The van der Waals surface area contributed by atoms with Crippen molar-refractivity contribution in [2.75, 3.05) is 13.7 Å². The third kappa shape index (κ3) is 4.79. The number of urea groups is 1. The smallest absolute Gasteiger partial charge is 0.315 e. The molecule has 0 saturated heterocycles. The molecule has 1 aromatic rings. The van der Waals surface area contributed by atoms with E-state index in [1.807, 2.05) is 32.0 Å². The van der Waals surface area contributed by atoms with E-state index in [4.69, 9.17) is 9.84 Å². The number of aryl methyl sites for hydroxylation is 1. The summed E-state index contributed by atoms with van der Waals surface area (Å²) in [6.07, 6.45) is -0.102. The van der Waals surface area contributed by atoms with Gasteiger partial charge in [0.05, 0.1) is 19.6 Å². The van der Waals surface area contributed by atoms with Crippen LogP contribution in [-0.4, -0.2) is 30.8 Å². The Morgan fingerprint density at radius 1 is 1.40 bits per heavy atom. The lowest BCUT2D eigenvalue weighted by Gasteiger charge is -2.18. The zero-order valence-corrected chi connectivity index (χ0v) is 11.9. The van der Waals surface area contributed by atoms with Crippen LogP contribution >= 0.6 is 0 Å². The van der Waals surface area contributed by atoms with Gasteiger partial charge in [0.15, 0.2) is 0 Å². The topological polar surface area (TPSA) is 87.7 Å². The number of carbonyl (C=O) groups is 2. The average molecular weight is 280 g/mol. The third-order valence-electron chi connectivity index (χ3n) is 2.82. The van der Waals surface area contributed by atoms with E-state index in [2.05, 4.69) is 10.6 Å². The van der Waals surface area contributed by atoms with E-state index < -0.39 is 12.0 Å². The molecular formula is C14H20N2O4. The van der Waals surface area contributed by atoms with Crippen molar-refractivity contribution in [2.45, 2.75) is 26.3 Å². The lowest BCUT2D eigenvalue weighted by molar-refractivity contribution is -0.136. The third-order valence-corrected chi connectivity index (χ3v) is 2.82. The summed E-state index contributed by atoms with van der Waals surface area (Å²) in [4.78, 5) is 22.0. The summed E-state index contributed by atoms with van der Waals surface area (Å²) in [7, 11) is 1.58. The summed E-state index contributed by atoms with van der Waals surface area (Å²) in [6.45, 7) is 3.90. The molecule has 0 fully saturated rings. The molecule has 6 heteroatoms. The fourth-order valence-electron chi connectivity index (χ4n) is 1.80. The number of methoxy groups -OCH3 is 1. The number of rotatable bonds is 6. The van der Waals surface area contributed by atoms with Gasteiger partial charge in [-0.15, -0.1) is 0 Å². The second-order valence-electron chi connectivity index (χ2n) is 4.51. The fourth-order valence-corrected chi connectivity index (χ4v) is 1.80. The summed E-state index contributed by atoms with van der Waals surface area (Å²) in [5.74, 6) is -0.243. The molecule has 0 unspecified atom stereocenters. The van der Waals surface area contributed by atoms with E-state index in [0.717, 1.165) is 11.1 Å². The van der Waals surface area contributed by atoms with Gasteiger partial charge in [0.1, 0.15) is 5.75 Å². The highest BCUT2D eigenvalue weighted by Crippen LogP contribution is 2.25. The van der Waals surface area contributed by atoms with Crippen LogP contribution in [0.5, 0.6) is 5.75 Å². The largest absolute Gasteiger partial charge is 0.496 e. The van der Waals surface area contributed by atoms with Crippen LogP contribution in [0.25, 0.3) is 0 Å². The van der Waals surface area contributed by atoms with Crippen LogP contribution in [0.2, 0.25) is 0 Å². The van der Waals surface area contributed by atoms with E-state index in [9.17, 15) is 9.59 Å². The molecule has 110 valence electrons. The Bertz CT molecular complexity index is 488. The van der Waals surface area contributed by atoms with Gasteiger partial charge in [-0.3, -0.25) is 4.79 Å². The quantitative estimate of drug-likeness (QED) is 0.742. The molecule has 6 nitrogen and oxygen atoms in total. The zero-order chi connectivity index (χ0) is 15.1. The van der Waals surface area contributed by atoms with Gasteiger partial charge in [-0.1, -0.05) is 17.7 Å². The molecule has 0 aliphatic rings. The molecule has 3 N–H and O–H groups in total. The Labute approximate surface area is 118 Å². The van der Waals surface area contributed by atoms with Gasteiger partial charge < -0.3 is 20.5 Å². The van der Waals surface area contributed by atoms with Crippen molar-refractivity contribution in [2.24, 2.45) is 0 Å². The van der Waals surface area contributed by atoms with Crippen molar-refractivity contribution in [3.63, 3.8) is 0 Å². The monoisotopic (exact) mass is 280 g/mol. The van der Waals surface area contributed by atoms with Crippen molar-refractivity contribution >= 4 is 12.0 Å². The highest BCUT2D eigenvalue weighted by molar-refractivity contribution is 5.75. The maximum absolute atomic E-state index is 11.6. The molecule has 1 rings (SSSR count). The molecule has 0 aliphatic carbocycles. The minimum atomic E-state index is -0.946. The predicted octanol–water partition coefficient (Wildman–Crippen LogP) is 1.84. The molecular weight excluding hydrogens is 260 g/mol. The van der Waals surface area contributed by atoms with Gasteiger partial charge in [0, 0.05) is 12.1 Å². The van der Waals surface area contributed by atoms with Crippen LogP contribution in [0.3, 0.4) is 0 Å². The second-order valence-corrected chi connectivity index (χ2v) is 4.51. The van der Waals surface area contributed by atoms with Gasteiger partial charge in [-0.2, -0.15) is 0 Å². The maximum Gasteiger partial charge on any atom is 0.315 e. The Morgan fingerprint density at radius 3 is 2.70 bits per heavy atom. The fraction of sp³-hybridized carbons (Fsp3) is 0.429. The van der Waals surface area contributed by atoms with Crippen molar-refractivity contribution in [3.05, 3.63) is 29.3 Å². The number of ether oxygens (including phenoxy) is 1. The Hall–Kier alpha value is -2.24. The number of aliphatic carboxylic acids is 1. The number of amides is 2. The Kier molecular flexibility index (Phi) is 5.83. The molecule has 0 aromatic heterocycles. The minimum Gasteiger partial charge on any atom is -0.496 e. The number of carbonyl (C=O) groups excluding carboxylic acids is 1. The molecule has 0 spiro atoms. The first-order valence-corrected chi connectivity index (χ1v) is 6.34. The van der Waals surface area contributed by atoms with Crippen LogP contribution in [-0.2, 0) is 4.79 Å². The number of nitrogens with one attached hydrogen (secondary N) is 2. The zero-order valence-electron chi connectivity index (χ0n) is 11.9. The van der Waals surface area contributed by atoms with Crippen molar-refractivity contribution < 1.29 is 19.4 Å². The number of carboxylic acid groups (broad SMARTS) is 1. The van der Waals surface area contributed by atoms with Crippen LogP contribution in [0.1, 0.15) is 30.5 Å². The van der Waals surface area contributed by atoms with E-state index in [-0.39, 0.29) is 19.0 Å².